The zero-order valence-corrected chi connectivity index (χ0v) is 8.19. The molecule has 0 aliphatic rings. The Morgan fingerprint density at radius 3 is 2.92 bits per heavy atom. The summed E-state index contributed by atoms with van der Waals surface area (Å²) in [6, 6.07) is 0.310. The van der Waals surface area contributed by atoms with Gasteiger partial charge in [0.1, 0.15) is 0 Å². The minimum absolute atomic E-state index is 0.310. The fourth-order valence-corrected chi connectivity index (χ4v) is 0.939. The third-order valence-electron chi connectivity index (χ3n) is 1.75. The fraction of sp³-hybridized carbons (Fsp3) is 0.857. The molecular formula is C7H15N5O. The molecule has 13 heavy (non-hydrogen) atoms. The van der Waals surface area contributed by atoms with E-state index in [2.05, 4.69) is 27.8 Å². The predicted molar refractivity (Wildman–Crippen MR) is 48.4 cm³/mol. The molecule has 1 aromatic rings. The molecule has 0 amide bonds. The first-order valence-electron chi connectivity index (χ1n) is 4.22. The first kappa shape index (κ1) is 9.91. The molecule has 0 aliphatic carbocycles. The number of aromatic nitrogens is 4. The van der Waals surface area contributed by atoms with Crippen LogP contribution in [0.2, 0.25) is 0 Å². The third-order valence-corrected chi connectivity index (χ3v) is 1.75. The Balaban J connectivity index is 2.36. The monoisotopic (exact) mass is 185 g/mol. The van der Waals surface area contributed by atoms with Gasteiger partial charge in [0.25, 0.3) is 0 Å². The average Bonchev–Trinajstić information content (AvgIpc) is 2.48. The first-order chi connectivity index (χ1) is 6.24. The molecule has 6 nitrogen and oxygen atoms in total. The number of tetrazole rings is 1. The molecule has 0 spiro atoms. The number of hydrogen-bond acceptors (Lipinski definition) is 5. The highest BCUT2D eigenvalue weighted by Crippen LogP contribution is 2.01. The number of nitrogens with one attached hydrogen (secondary N) is 1. The summed E-state index contributed by atoms with van der Waals surface area (Å²) >= 11 is 0. The highest BCUT2D eigenvalue weighted by molar-refractivity contribution is 5.22. The van der Waals surface area contributed by atoms with Gasteiger partial charge >= 0.3 is 0 Å². The number of ether oxygens (including phenoxy) is 1. The Kier molecular flexibility index (Phi) is 3.63. The van der Waals surface area contributed by atoms with E-state index in [1.165, 1.54) is 0 Å². The number of anilines is 1. The maximum atomic E-state index is 4.96. The van der Waals surface area contributed by atoms with Crippen molar-refractivity contribution in [2.24, 2.45) is 7.05 Å². The van der Waals surface area contributed by atoms with Crippen LogP contribution in [0.3, 0.4) is 0 Å². The molecule has 1 heterocycles. The van der Waals surface area contributed by atoms with Gasteiger partial charge in [0.15, 0.2) is 0 Å². The molecule has 1 rings (SSSR count). The Morgan fingerprint density at radius 2 is 2.38 bits per heavy atom. The quantitative estimate of drug-likeness (QED) is 0.702. The van der Waals surface area contributed by atoms with E-state index >= 15 is 0 Å². The topological polar surface area (TPSA) is 64.9 Å². The summed E-state index contributed by atoms with van der Waals surface area (Å²) in [5.41, 5.74) is 0. The summed E-state index contributed by atoms with van der Waals surface area (Å²) in [7, 11) is 3.49. The van der Waals surface area contributed by atoms with E-state index in [0.29, 0.717) is 12.0 Å². The van der Waals surface area contributed by atoms with Gasteiger partial charge in [-0.25, -0.2) is 4.68 Å². The van der Waals surface area contributed by atoms with Gasteiger partial charge in [0.05, 0.1) is 0 Å². The molecular weight excluding hydrogens is 170 g/mol. The Labute approximate surface area is 77.3 Å². The molecule has 0 fully saturated rings. The maximum Gasteiger partial charge on any atom is 0.242 e. The van der Waals surface area contributed by atoms with E-state index in [4.69, 9.17) is 4.74 Å². The van der Waals surface area contributed by atoms with Crippen molar-refractivity contribution in [3.05, 3.63) is 0 Å². The summed E-state index contributed by atoms with van der Waals surface area (Å²) in [4.78, 5) is 0. The zero-order valence-electron chi connectivity index (χ0n) is 8.19. The molecule has 6 heteroatoms. The molecule has 1 aromatic heterocycles. The summed E-state index contributed by atoms with van der Waals surface area (Å²) < 4.78 is 6.56. The van der Waals surface area contributed by atoms with Crippen LogP contribution in [0.5, 0.6) is 0 Å². The molecule has 1 N–H and O–H groups in total. The van der Waals surface area contributed by atoms with E-state index in [9.17, 15) is 0 Å². The van der Waals surface area contributed by atoms with Crippen molar-refractivity contribution in [3.63, 3.8) is 0 Å². The van der Waals surface area contributed by atoms with Gasteiger partial charge in [-0.05, 0) is 23.8 Å². The third kappa shape index (κ3) is 2.98. The van der Waals surface area contributed by atoms with Crippen LogP contribution in [0.25, 0.3) is 0 Å². The lowest BCUT2D eigenvalue weighted by Crippen LogP contribution is -2.19. The SMILES string of the molecule is COCCC(C)Nc1nnnn1C. The van der Waals surface area contributed by atoms with Crippen LogP contribution in [-0.4, -0.2) is 40.0 Å². The number of nitrogens with zero attached hydrogens (tertiary/aromatic N) is 4. The van der Waals surface area contributed by atoms with E-state index in [0.717, 1.165) is 13.0 Å². The molecule has 1 unspecified atom stereocenters. The molecule has 0 aliphatic heterocycles. The summed E-state index contributed by atoms with van der Waals surface area (Å²) in [6.45, 7) is 2.80. The van der Waals surface area contributed by atoms with Gasteiger partial charge in [-0.3, -0.25) is 0 Å². The van der Waals surface area contributed by atoms with Crippen LogP contribution in [0, 0.1) is 0 Å². The van der Waals surface area contributed by atoms with Crippen LogP contribution in [0.4, 0.5) is 5.95 Å². The standard InChI is InChI=1S/C7H15N5O/c1-6(4-5-13-3)8-7-9-10-11-12(7)2/h6H,4-5H2,1-3H3,(H,8,9,11). The van der Waals surface area contributed by atoms with Crippen molar-refractivity contribution in [2.75, 3.05) is 19.0 Å². The molecule has 74 valence electrons. The van der Waals surface area contributed by atoms with Gasteiger partial charge in [0.2, 0.25) is 5.95 Å². The first-order valence-corrected chi connectivity index (χ1v) is 4.22. The normalized spacial score (nSPS) is 12.8. The molecule has 0 saturated carbocycles. The number of aryl methyl sites for hydroxylation is 1. The van der Waals surface area contributed by atoms with Gasteiger partial charge in [-0.1, -0.05) is 5.10 Å². The van der Waals surface area contributed by atoms with Crippen molar-refractivity contribution in [2.45, 2.75) is 19.4 Å². The maximum absolute atomic E-state index is 4.96. The number of methoxy groups -OCH3 is 1. The van der Waals surface area contributed by atoms with Crippen LogP contribution >= 0.6 is 0 Å². The second-order valence-electron chi connectivity index (χ2n) is 2.95. The van der Waals surface area contributed by atoms with E-state index < -0.39 is 0 Å². The predicted octanol–water partition coefficient (Wildman–Crippen LogP) is 0.0470. The lowest BCUT2D eigenvalue weighted by Gasteiger charge is -2.12. The van der Waals surface area contributed by atoms with Crippen molar-refractivity contribution in [1.82, 2.24) is 20.2 Å². The van der Waals surface area contributed by atoms with Gasteiger partial charge < -0.3 is 10.1 Å². The van der Waals surface area contributed by atoms with E-state index in [1.807, 2.05) is 0 Å². The van der Waals surface area contributed by atoms with Crippen LogP contribution < -0.4 is 5.32 Å². The Morgan fingerprint density at radius 1 is 1.62 bits per heavy atom. The number of rotatable bonds is 5. The molecule has 0 bridgehead atoms. The molecule has 1 atom stereocenters. The van der Waals surface area contributed by atoms with Gasteiger partial charge in [-0.2, -0.15) is 0 Å². The van der Waals surface area contributed by atoms with Crippen molar-refractivity contribution >= 4 is 5.95 Å². The average molecular weight is 185 g/mol. The highest BCUT2D eigenvalue weighted by Gasteiger charge is 2.05. The fourth-order valence-electron chi connectivity index (χ4n) is 0.939. The van der Waals surface area contributed by atoms with Gasteiger partial charge in [-0.15, -0.1) is 0 Å². The summed E-state index contributed by atoms with van der Waals surface area (Å²) in [6.07, 6.45) is 0.934. The van der Waals surface area contributed by atoms with E-state index in [1.54, 1.807) is 18.8 Å². The second-order valence-corrected chi connectivity index (χ2v) is 2.95. The minimum Gasteiger partial charge on any atom is -0.385 e. The Hall–Kier alpha value is -1.17. The smallest absolute Gasteiger partial charge is 0.242 e. The van der Waals surface area contributed by atoms with Crippen LogP contribution in [0.15, 0.2) is 0 Å². The van der Waals surface area contributed by atoms with Crippen LogP contribution in [-0.2, 0) is 11.8 Å². The minimum atomic E-state index is 0.310. The van der Waals surface area contributed by atoms with E-state index in [-0.39, 0.29) is 0 Å². The van der Waals surface area contributed by atoms with Gasteiger partial charge in [0, 0.05) is 26.8 Å². The second kappa shape index (κ2) is 4.76. The Bertz CT molecular complexity index is 249. The highest BCUT2D eigenvalue weighted by atomic mass is 16.5. The molecule has 0 saturated heterocycles. The van der Waals surface area contributed by atoms with Crippen molar-refractivity contribution in [1.29, 1.82) is 0 Å². The summed E-state index contributed by atoms with van der Waals surface area (Å²) in [5.74, 6) is 0.684. The summed E-state index contributed by atoms with van der Waals surface area (Å²) in [5, 5.41) is 14.2. The van der Waals surface area contributed by atoms with Crippen molar-refractivity contribution in [3.8, 4) is 0 Å². The lowest BCUT2D eigenvalue weighted by atomic mass is 10.2. The zero-order chi connectivity index (χ0) is 9.68. The largest absolute Gasteiger partial charge is 0.385 e. The lowest BCUT2D eigenvalue weighted by molar-refractivity contribution is 0.191. The molecule has 0 aromatic carbocycles. The molecule has 0 radical (unpaired) electrons. The van der Waals surface area contributed by atoms with Crippen molar-refractivity contribution < 1.29 is 4.74 Å². The number of hydrogen-bond donors (Lipinski definition) is 1. The van der Waals surface area contributed by atoms with Crippen LogP contribution in [0.1, 0.15) is 13.3 Å².